The minimum Gasteiger partial charge on any atom is -0.480 e. The normalized spacial score (nSPS) is 16.9. The van der Waals surface area contributed by atoms with E-state index < -0.39 is 18.1 Å². The predicted octanol–water partition coefficient (Wildman–Crippen LogP) is 4.90. The molecule has 0 bridgehead atoms. The van der Waals surface area contributed by atoms with Crippen LogP contribution in [0.15, 0.2) is 48.5 Å². The highest BCUT2D eigenvalue weighted by molar-refractivity contribution is 5.81. The van der Waals surface area contributed by atoms with E-state index >= 15 is 0 Å². The number of amides is 1. The predicted molar refractivity (Wildman–Crippen MR) is 111 cm³/mol. The maximum Gasteiger partial charge on any atom is 0.410 e. The molecule has 29 heavy (non-hydrogen) atoms. The third-order valence-corrected chi connectivity index (χ3v) is 6.35. The van der Waals surface area contributed by atoms with Crippen LogP contribution in [0.2, 0.25) is 0 Å². The molecule has 0 aromatic heterocycles. The lowest BCUT2D eigenvalue weighted by molar-refractivity contribution is -0.144. The van der Waals surface area contributed by atoms with Gasteiger partial charge in [0.25, 0.3) is 0 Å². The van der Waals surface area contributed by atoms with Gasteiger partial charge in [0.1, 0.15) is 12.6 Å². The summed E-state index contributed by atoms with van der Waals surface area (Å²) in [6.45, 7) is 2.34. The number of nitrogens with zero attached hydrogens (tertiary/aromatic N) is 1. The van der Waals surface area contributed by atoms with Crippen LogP contribution in [0.1, 0.15) is 49.7 Å². The number of aliphatic carboxylic acids is 1. The van der Waals surface area contributed by atoms with Crippen LogP contribution >= 0.6 is 0 Å². The van der Waals surface area contributed by atoms with Crippen LogP contribution in [-0.4, -0.2) is 41.3 Å². The molecule has 1 saturated carbocycles. The van der Waals surface area contributed by atoms with Crippen molar-refractivity contribution in [3.63, 3.8) is 0 Å². The number of carbonyl (C=O) groups excluding carboxylic acids is 1. The van der Waals surface area contributed by atoms with Crippen molar-refractivity contribution < 1.29 is 19.4 Å². The number of likely N-dealkylation sites (N-methyl/N-ethyl adjacent to an activating group) is 1. The van der Waals surface area contributed by atoms with E-state index in [2.05, 4.69) is 24.3 Å². The second kappa shape index (κ2) is 8.27. The highest BCUT2D eigenvalue weighted by Crippen LogP contribution is 2.44. The first-order chi connectivity index (χ1) is 14.1. The van der Waals surface area contributed by atoms with Crippen LogP contribution < -0.4 is 0 Å². The zero-order chi connectivity index (χ0) is 20.4. The van der Waals surface area contributed by atoms with Gasteiger partial charge >= 0.3 is 12.1 Å². The lowest BCUT2D eigenvalue weighted by Gasteiger charge is -2.31. The highest BCUT2D eigenvalue weighted by atomic mass is 16.6. The second-order valence-electron chi connectivity index (χ2n) is 7.92. The summed E-state index contributed by atoms with van der Waals surface area (Å²) in [6, 6.07) is 15.6. The Morgan fingerprint density at radius 1 is 1.03 bits per heavy atom. The van der Waals surface area contributed by atoms with Crippen LogP contribution in [0.25, 0.3) is 11.1 Å². The van der Waals surface area contributed by atoms with E-state index in [0.29, 0.717) is 6.54 Å². The Hall–Kier alpha value is -2.82. The Morgan fingerprint density at radius 2 is 1.59 bits per heavy atom. The smallest absolute Gasteiger partial charge is 0.410 e. The Labute approximate surface area is 171 Å². The van der Waals surface area contributed by atoms with Crippen molar-refractivity contribution in [1.29, 1.82) is 0 Å². The van der Waals surface area contributed by atoms with Gasteiger partial charge in [-0.15, -0.1) is 0 Å². The van der Waals surface area contributed by atoms with Gasteiger partial charge in [0, 0.05) is 12.5 Å². The maximum atomic E-state index is 12.9. The topological polar surface area (TPSA) is 66.8 Å². The third-order valence-electron chi connectivity index (χ3n) is 6.35. The Morgan fingerprint density at radius 3 is 2.10 bits per heavy atom. The fourth-order valence-electron chi connectivity index (χ4n) is 4.98. The van der Waals surface area contributed by atoms with Gasteiger partial charge in [-0.1, -0.05) is 61.4 Å². The summed E-state index contributed by atoms with van der Waals surface area (Å²) >= 11 is 0. The van der Waals surface area contributed by atoms with Crippen molar-refractivity contribution in [2.45, 2.75) is 44.6 Å². The summed E-state index contributed by atoms with van der Waals surface area (Å²) < 4.78 is 5.71. The van der Waals surface area contributed by atoms with Crippen molar-refractivity contribution in [2.75, 3.05) is 13.2 Å². The molecule has 2 aliphatic carbocycles. The van der Waals surface area contributed by atoms with Crippen molar-refractivity contribution in [3.8, 4) is 11.1 Å². The van der Waals surface area contributed by atoms with E-state index in [-0.39, 0.29) is 18.4 Å². The summed E-state index contributed by atoms with van der Waals surface area (Å²) in [6.07, 6.45) is 3.22. The lowest BCUT2D eigenvalue weighted by atomic mass is 9.97. The molecule has 1 amide bonds. The van der Waals surface area contributed by atoms with Crippen LogP contribution in [0, 0.1) is 5.92 Å². The van der Waals surface area contributed by atoms with E-state index in [9.17, 15) is 14.7 Å². The average molecular weight is 393 g/mol. The number of benzene rings is 2. The first-order valence-electron chi connectivity index (χ1n) is 10.5. The van der Waals surface area contributed by atoms with E-state index in [1.54, 1.807) is 0 Å². The van der Waals surface area contributed by atoms with E-state index in [0.717, 1.165) is 36.8 Å². The fraction of sp³-hybridized carbons (Fsp3) is 0.417. The minimum atomic E-state index is -0.938. The number of rotatable bonds is 6. The van der Waals surface area contributed by atoms with E-state index in [1.165, 1.54) is 16.0 Å². The molecular formula is C24H27NO4. The number of hydrogen-bond acceptors (Lipinski definition) is 3. The SMILES string of the molecule is CCN(C(=O)OCC1c2ccccc2-c2ccccc21)C(C(=O)O)C1CCCC1. The zero-order valence-electron chi connectivity index (χ0n) is 16.7. The molecule has 2 aromatic rings. The largest absolute Gasteiger partial charge is 0.480 e. The van der Waals surface area contributed by atoms with Gasteiger partial charge in [-0.3, -0.25) is 4.90 Å². The molecule has 1 unspecified atom stereocenters. The molecule has 0 radical (unpaired) electrons. The lowest BCUT2D eigenvalue weighted by Crippen LogP contribution is -2.49. The molecule has 2 aliphatic rings. The van der Waals surface area contributed by atoms with Gasteiger partial charge in [0.05, 0.1) is 0 Å². The number of carbonyl (C=O) groups is 2. The van der Waals surface area contributed by atoms with Gasteiger partial charge < -0.3 is 9.84 Å². The quantitative estimate of drug-likeness (QED) is 0.758. The zero-order valence-corrected chi connectivity index (χ0v) is 16.7. The van der Waals surface area contributed by atoms with Gasteiger partial charge in [-0.25, -0.2) is 9.59 Å². The molecule has 1 N–H and O–H groups in total. The van der Waals surface area contributed by atoms with Crippen LogP contribution in [0.3, 0.4) is 0 Å². The van der Waals surface area contributed by atoms with Crippen LogP contribution in [-0.2, 0) is 9.53 Å². The molecule has 5 heteroatoms. The molecule has 0 heterocycles. The Bertz CT molecular complexity index is 858. The number of carboxylic acid groups (broad SMARTS) is 1. The maximum absolute atomic E-state index is 12.9. The summed E-state index contributed by atoms with van der Waals surface area (Å²) in [5, 5.41) is 9.77. The van der Waals surface area contributed by atoms with Gasteiger partial charge in [0.2, 0.25) is 0 Å². The first kappa shape index (κ1) is 19.5. The molecule has 0 spiro atoms. The number of carboxylic acids is 1. The molecule has 0 aliphatic heterocycles. The van der Waals surface area contributed by atoms with Crippen molar-refractivity contribution >= 4 is 12.1 Å². The Kier molecular flexibility index (Phi) is 5.56. The van der Waals surface area contributed by atoms with E-state index in [4.69, 9.17) is 4.74 Å². The van der Waals surface area contributed by atoms with E-state index in [1.807, 2.05) is 31.2 Å². The summed E-state index contributed by atoms with van der Waals surface area (Å²) in [5.41, 5.74) is 4.64. The van der Waals surface area contributed by atoms with Crippen LogP contribution in [0.5, 0.6) is 0 Å². The molecular weight excluding hydrogens is 366 g/mol. The number of ether oxygens (including phenoxy) is 1. The monoisotopic (exact) mass is 393 g/mol. The first-order valence-corrected chi connectivity index (χ1v) is 10.5. The summed E-state index contributed by atoms with van der Waals surface area (Å²) in [7, 11) is 0. The molecule has 2 aromatic carbocycles. The molecule has 4 rings (SSSR count). The van der Waals surface area contributed by atoms with Gasteiger partial charge in [-0.2, -0.15) is 0 Å². The number of fused-ring (bicyclic) bond motifs is 3. The van der Waals surface area contributed by atoms with Crippen molar-refractivity contribution in [3.05, 3.63) is 59.7 Å². The average Bonchev–Trinajstić information content (AvgIpc) is 3.36. The highest BCUT2D eigenvalue weighted by Gasteiger charge is 2.38. The van der Waals surface area contributed by atoms with Crippen molar-refractivity contribution in [2.24, 2.45) is 5.92 Å². The summed E-state index contributed by atoms with van der Waals surface area (Å²) in [5.74, 6) is -0.958. The molecule has 152 valence electrons. The van der Waals surface area contributed by atoms with Gasteiger partial charge in [-0.05, 0) is 47.9 Å². The van der Waals surface area contributed by atoms with Crippen molar-refractivity contribution in [1.82, 2.24) is 4.90 Å². The summed E-state index contributed by atoms with van der Waals surface area (Å²) in [4.78, 5) is 26.2. The third kappa shape index (κ3) is 3.61. The molecule has 0 saturated heterocycles. The minimum absolute atomic E-state index is 0.00734. The van der Waals surface area contributed by atoms with Crippen LogP contribution in [0.4, 0.5) is 4.79 Å². The number of hydrogen-bond donors (Lipinski definition) is 1. The fourth-order valence-corrected chi connectivity index (χ4v) is 4.98. The van der Waals surface area contributed by atoms with Gasteiger partial charge in [0.15, 0.2) is 0 Å². The molecule has 1 fully saturated rings. The molecule has 5 nitrogen and oxygen atoms in total. The standard InChI is InChI=1S/C24H27NO4/c1-2-25(22(23(26)27)16-9-3-4-10-16)24(28)29-15-21-19-13-7-5-11-17(19)18-12-6-8-14-20(18)21/h5-8,11-14,16,21-22H,2-4,9-10,15H2,1H3,(H,26,27). The Balaban J connectivity index is 1.52. The molecule has 1 atom stereocenters. The second-order valence-corrected chi connectivity index (χ2v) is 7.92.